The van der Waals surface area contributed by atoms with Gasteiger partial charge in [-0.1, -0.05) is 20.3 Å². The second-order valence-corrected chi connectivity index (χ2v) is 4.45. The van der Waals surface area contributed by atoms with E-state index in [4.69, 9.17) is 5.73 Å². The second kappa shape index (κ2) is 8.06. The quantitative estimate of drug-likeness (QED) is 0.671. The van der Waals surface area contributed by atoms with E-state index >= 15 is 0 Å². The number of esters is 1. The van der Waals surface area contributed by atoms with Crippen LogP contribution in [0.1, 0.15) is 33.1 Å². The molecule has 0 rings (SSSR count). The summed E-state index contributed by atoms with van der Waals surface area (Å²) in [4.78, 5) is 24.5. The molecule has 0 aromatic carbocycles. The Hall–Kier alpha value is -1.10. The first kappa shape index (κ1) is 15.9. The third-order valence-electron chi connectivity index (χ3n) is 2.67. The van der Waals surface area contributed by atoms with Gasteiger partial charge in [0.25, 0.3) is 0 Å². The number of amides is 1. The molecule has 0 fully saturated rings. The first-order valence-electron chi connectivity index (χ1n) is 5.99. The Morgan fingerprint density at radius 2 is 2.00 bits per heavy atom. The molecule has 0 saturated carbocycles. The van der Waals surface area contributed by atoms with Gasteiger partial charge in [0.1, 0.15) is 0 Å². The van der Waals surface area contributed by atoms with Crippen LogP contribution in [-0.4, -0.2) is 43.5 Å². The predicted molar refractivity (Wildman–Crippen MR) is 66.3 cm³/mol. The van der Waals surface area contributed by atoms with Crippen LogP contribution in [0.4, 0.5) is 0 Å². The molecule has 0 aromatic rings. The molecule has 5 heteroatoms. The van der Waals surface area contributed by atoms with E-state index < -0.39 is 0 Å². The molecule has 0 aromatic heterocycles. The van der Waals surface area contributed by atoms with Crippen LogP contribution < -0.4 is 5.73 Å². The zero-order chi connectivity index (χ0) is 13.4. The van der Waals surface area contributed by atoms with Gasteiger partial charge >= 0.3 is 5.97 Å². The van der Waals surface area contributed by atoms with Crippen LogP contribution in [0.15, 0.2) is 0 Å². The van der Waals surface area contributed by atoms with Crippen molar-refractivity contribution < 1.29 is 14.3 Å². The molecule has 5 nitrogen and oxygen atoms in total. The molecule has 100 valence electrons. The number of nitrogens with zero attached hydrogens (tertiary/aromatic N) is 1. The highest BCUT2D eigenvalue weighted by Crippen LogP contribution is 2.05. The SMILES string of the molecule is CCCC(N)CC(=O)N(C)CC(C)C(=O)OC. The van der Waals surface area contributed by atoms with Gasteiger partial charge < -0.3 is 15.4 Å². The molecule has 2 atom stereocenters. The molecule has 2 N–H and O–H groups in total. The Morgan fingerprint density at radius 1 is 1.41 bits per heavy atom. The number of carbonyl (C=O) groups excluding carboxylic acids is 2. The topological polar surface area (TPSA) is 72.6 Å². The maximum Gasteiger partial charge on any atom is 0.310 e. The van der Waals surface area contributed by atoms with Gasteiger partial charge in [-0.05, 0) is 6.42 Å². The van der Waals surface area contributed by atoms with Gasteiger partial charge in [-0.2, -0.15) is 0 Å². The van der Waals surface area contributed by atoms with Gasteiger partial charge in [0.2, 0.25) is 5.91 Å². The van der Waals surface area contributed by atoms with Crippen molar-refractivity contribution >= 4 is 11.9 Å². The lowest BCUT2D eigenvalue weighted by molar-refractivity contribution is -0.146. The van der Waals surface area contributed by atoms with Crippen molar-refractivity contribution in [2.45, 2.75) is 39.2 Å². The minimum atomic E-state index is -0.309. The van der Waals surface area contributed by atoms with Crippen molar-refractivity contribution in [2.24, 2.45) is 11.7 Å². The molecular formula is C12H24N2O3. The van der Waals surface area contributed by atoms with Crippen molar-refractivity contribution in [1.29, 1.82) is 0 Å². The van der Waals surface area contributed by atoms with Gasteiger partial charge in [-0.25, -0.2) is 0 Å². The average molecular weight is 244 g/mol. The zero-order valence-electron chi connectivity index (χ0n) is 11.2. The standard InChI is InChI=1S/C12H24N2O3/c1-5-6-10(13)7-11(15)14(3)8-9(2)12(16)17-4/h9-10H,5-8,13H2,1-4H3. The third kappa shape index (κ3) is 6.26. The molecule has 17 heavy (non-hydrogen) atoms. The third-order valence-corrected chi connectivity index (χ3v) is 2.67. The number of hydrogen-bond donors (Lipinski definition) is 1. The summed E-state index contributed by atoms with van der Waals surface area (Å²) in [5.74, 6) is -0.638. The largest absolute Gasteiger partial charge is 0.469 e. The minimum Gasteiger partial charge on any atom is -0.469 e. The van der Waals surface area contributed by atoms with E-state index in [1.54, 1.807) is 14.0 Å². The zero-order valence-corrected chi connectivity index (χ0v) is 11.2. The molecule has 0 heterocycles. The van der Waals surface area contributed by atoms with Crippen LogP contribution in [0.5, 0.6) is 0 Å². The van der Waals surface area contributed by atoms with Crippen molar-refractivity contribution in [3.05, 3.63) is 0 Å². The summed E-state index contributed by atoms with van der Waals surface area (Å²) in [7, 11) is 3.03. The van der Waals surface area contributed by atoms with E-state index in [0.717, 1.165) is 12.8 Å². The minimum absolute atomic E-state index is 0.0262. The van der Waals surface area contributed by atoms with Gasteiger partial charge in [0, 0.05) is 26.1 Å². The summed E-state index contributed by atoms with van der Waals surface area (Å²) in [5.41, 5.74) is 5.80. The van der Waals surface area contributed by atoms with E-state index in [0.29, 0.717) is 13.0 Å². The number of hydrogen-bond acceptors (Lipinski definition) is 4. The van der Waals surface area contributed by atoms with Crippen molar-refractivity contribution in [1.82, 2.24) is 4.90 Å². The van der Waals surface area contributed by atoms with Crippen LogP contribution in [-0.2, 0) is 14.3 Å². The first-order valence-corrected chi connectivity index (χ1v) is 5.99. The molecule has 0 bridgehead atoms. The molecule has 0 saturated heterocycles. The molecule has 0 aliphatic heterocycles. The summed E-state index contributed by atoms with van der Waals surface area (Å²) in [6.07, 6.45) is 2.14. The Bertz CT molecular complexity index is 256. The average Bonchev–Trinajstić information content (AvgIpc) is 2.27. The molecule has 0 spiro atoms. The van der Waals surface area contributed by atoms with Crippen molar-refractivity contribution in [3.8, 4) is 0 Å². The molecule has 0 aliphatic rings. The van der Waals surface area contributed by atoms with Crippen LogP contribution >= 0.6 is 0 Å². The van der Waals surface area contributed by atoms with Gasteiger partial charge in [-0.15, -0.1) is 0 Å². The lowest BCUT2D eigenvalue weighted by Crippen LogP contribution is -2.37. The smallest absolute Gasteiger partial charge is 0.310 e. The number of nitrogens with two attached hydrogens (primary N) is 1. The van der Waals surface area contributed by atoms with Crippen molar-refractivity contribution in [2.75, 3.05) is 20.7 Å². The number of rotatable bonds is 7. The van der Waals surface area contributed by atoms with Gasteiger partial charge in [0.15, 0.2) is 0 Å². The molecule has 1 amide bonds. The Labute approximate surface area is 103 Å². The summed E-state index contributed by atoms with van der Waals surface area (Å²) in [5, 5.41) is 0. The normalized spacial score (nSPS) is 13.9. The van der Waals surface area contributed by atoms with Gasteiger partial charge in [0.05, 0.1) is 13.0 Å². The summed E-state index contributed by atoms with van der Waals surface area (Å²) in [6.45, 7) is 4.14. The Kier molecular flexibility index (Phi) is 7.54. The highest BCUT2D eigenvalue weighted by molar-refractivity contribution is 5.78. The van der Waals surface area contributed by atoms with Crippen LogP contribution in [0.25, 0.3) is 0 Å². The van der Waals surface area contributed by atoms with Gasteiger partial charge in [-0.3, -0.25) is 9.59 Å². The highest BCUT2D eigenvalue weighted by Gasteiger charge is 2.19. The van der Waals surface area contributed by atoms with Crippen LogP contribution in [0.3, 0.4) is 0 Å². The maximum atomic E-state index is 11.8. The molecule has 2 unspecified atom stereocenters. The van der Waals surface area contributed by atoms with Crippen molar-refractivity contribution in [3.63, 3.8) is 0 Å². The molecule has 0 aliphatic carbocycles. The fraction of sp³-hybridized carbons (Fsp3) is 0.833. The van der Waals surface area contributed by atoms with E-state index in [9.17, 15) is 9.59 Å². The lowest BCUT2D eigenvalue weighted by Gasteiger charge is -2.21. The number of ether oxygens (including phenoxy) is 1. The van der Waals surface area contributed by atoms with E-state index in [2.05, 4.69) is 4.74 Å². The fourth-order valence-corrected chi connectivity index (χ4v) is 1.64. The highest BCUT2D eigenvalue weighted by atomic mass is 16.5. The predicted octanol–water partition coefficient (Wildman–Crippen LogP) is 0.771. The second-order valence-electron chi connectivity index (χ2n) is 4.45. The van der Waals surface area contributed by atoms with E-state index in [1.807, 2.05) is 6.92 Å². The monoisotopic (exact) mass is 244 g/mol. The Balaban J connectivity index is 4.09. The van der Waals surface area contributed by atoms with E-state index in [-0.39, 0.29) is 23.8 Å². The maximum absolute atomic E-state index is 11.8. The number of methoxy groups -OCH3 is 1. The fourth-order valence-electron chi connectivity index (χ4n) is 1.64. The number of carbonyl (C=O) groups is 2. The summed E-state index contributed by atoms with van der Waals surface area (Å²) in [6, 6.07) is -0.0941. The first-order chi connectivity index (χ1) is 7.92. The van der Waals surface area contributed by atoms with Crippen LogP contribution in [0.2, 0.25) is 0 Å². The molecular weight excluding hydrogens is 220 g/mol. The lowest BCUT2D eigenvalue weighted by atomic mass is 10.1. The Morgan fingerprint density at radius 3 is 2.47 bits per heavy atom. The summed E-state index contributed by atoms with van der Waals surface area (Å²) >= 11 is 0. The molecule has 0 radical (unpaired) electrons. The van der Waals surface area contributed by atoms with Crippen LogP contribution in [0, 0.1) is 5.92 Å². The van der Waals surface area contributed by atoms with E-state index in [1.165, 1.54) is 12.0 Å². The summed E-state index contributed by atoms with van der Waals surface area (Å²) < 4.78 is 4.61.